The number of anilines is 1. The molecule has 0 radical (unpaired) electrons. The van der Waals surface area contributed by atoms with Crippen LogP contribution in [-0.2, 0) is 14.3 Å². The predicted octanol–water partition coefficient (Wildman–Crippen LogP) is 2.30. The van der Waals surface area contributed by atoms with Crippen molar-refractivity contribution in [3.63, 3.8) is 0 Å². The van der Waals surface area contributed by atoms with Crippen LogP contribution in [-0.4, -0.2) is 50.1 Å². The molecule has 1 saturated heterocycles. The maximum absolute atomic E-state index is 12.6. The molecule has 1 aliphatic carbocycles. The first-order chi connectivity index (χ1) is 12.2. The molecular formula is C19H26N2O4. The van der Waals surface area contributed by atoms with Crippen molar-refractivity contribution in [2.75, 3.05) is 38.7 Å². The second kappa shape index (κ2) is 8.34. The lowest BCUT2D eigenvalue weighted by atomic mass is 9.96. The Morgan fingerprint density at radius 2 is 2.04 bits per heavy atom. The molecule has 1 aromatic rings. The van der Waals surface area contributed by atoms with Crippen LogP contribution in [0, 0.1) is 11.8 Å². The van der Waals surface area contributed by atoms with Gasteiger partial charge in [0.15, 0.2) is 0 Å². The zero-order chi connectivity index (χ0) is 17.6. The molecule has 6 nitrogen and oxygen atoms in total. The number of hydrogen-bond acceptors (Lipinski definition) is 4. The van der Waals surface area contributed by atoms with Gasteiger partial charge in [-0.15, -0.1) is 0 Å². The van der Waals surface area contributed by atoms with E-state index >= 15 is 0 Å². The van der Waals surface area contributed by atoms with Crippen molar-refractivity contribution in [2.45, 2.75) is 25.7 Å². The lowest BCUT2D eigenvalue weighted by molar-refractivity contribution is -0.135. The molecule has 25 heavy (non-hydrogen) atoms. The standard InChI is InChI=1S/C19H26N2O4/c1-24-10-11-25-17-6-2-5-16(12-17)20-18(22)15-4-3-9-21(13-15)19(23)14-7-8-14/h2,5-6,12,14-15H,3-4,7-11,13H2,1H3,(H,20,22). The summed E-state index contributed by atoms with van der Waals surface area (Å²) in [5, 5.41) is 2.96. The van der Waals surface area contributed by atoms with E-state index in [1.54, 1.807) is 7.11 Å². The molecular weight excluding hydrogens is 320 g/mol. The van der Waals surface area contributed by atoms with E-state index in [1.165, 1.54) is 0 Å². The highest BCUT2D eigenvalue weighted by atomic mass is 16.5. The Labute approximate surface area is 148 Å². The molecule has 1 atom stereocenters. The Morgan fingerprint density at radius 3 is 2.80 bits per heavy atom. The average Bonchev–Trinajstić information content (AvgIpc) is 3.47. The molecule has 2 amide bonds. The average molecular weight is 346 g/mol. The van der Waals surface area contributed by atoms with Gasteiger partial charge in [0.05, 0.1) is 12.5 Å². The van der Waals surface area contributed by atoms with Crippen molar-refractivity contribution < 1.29 is 19.1 Å². The van der Waals surface area contributed by atoms with Gasteiger partial charge in [0, 0.05) is 37.9 Å². The summed E-state index contributed by atoms with van der Waals surface area (Å²) in [6, 6.07) is 7.35. The molecule has 1 N–H and O–H groups in total. The van der Waals surface area contributed by atoms with E-state index in [-0.39, 0.29) is 23.7 Å². The fourth-order valence-corrected chi connectivity index (χ4v) is 3.13. The summed E-state index contributed by atoms with van der Waals surface area (Å²) < 4.78 is 10.5. The van der Waals surface area contributed by atoms with Gasteiger partial charge in [-0.25, -0.2) is 0 Å². The Balaban J connectivity index is 1.54. The predicted molar refractivity (Wildman–Crippen MR) is 94.5 cm³/mol. The van der Waals surface area contributed by atoms with Gasteiger partial charge in [0.25, 0.3) is 0 Å². The van der Waals surface area contributed by atoms with Crippen LogP contribution in [0.3, 0.4) is 0 Å². The number of rotatable bonds is 7. The van der Waals surface area contributed by atoms with Crippen LogP contribution in [0.15, 0.2) is 24.3 Å². The third-order valence-electron chi connectivity index (χ3n) is 4.69. The van der Waals surface area contributed by atoms with Crippen LogP contribution < -0.4 is 10.1 Å². The molecule has 2 aliphatic rings. The number of carbonyl (C=O) groups excluding carboxylic acids is 2. The van der Waals surface area contributed by atoms with E-state index < -0.39 is 0 Å². The number of ether oxygens (including phenoxy) is 2. The largest absolute Gasteiger partial charge is 0.491 e. The summed E-state index contributed by atoms with van der Waals surface area (Å²) in [7, 11) is 1.63. The molecule has 0 bridgehead atoms. The number of nitrogens with one attached hydrogen (secondary N) is 1. The lowest BCUT2D eigenvalue weighted by Crippen LogP contribution is -2.44. The smallest absolute Gasteiger partial charge is 0.229 e. The van der Waals surface area contributed by atoms with E-state index in [2.05, 4.69) is 5.32 Å². The topological polar surface area (TPSA) is 67.9 Å². The van der Waals surface area contributed by atoms with Gasteiger partial charge >= 0.3 is 0 Å². The molecule has 1 unspecified atom stereocenters. The molecule has 1 saturated carbocycles. The molecule has 3 rings (SSSR count). The van der Waals surface area contributed by atoms with Crippen LogP contribution in [0.1, 0.15) is 25.7 Å². The van der Waals surface area contributed by atoms with Crippen LogP contribution in [0.2, 0.25) is 0 Å². The molecule has 0 aromatic heterocycles. The number of benzene rings is 1. The fraction of sp³-hybridized carbons (Fsp3) is 0.579. The van der Waals surface area contributed by atoms with Crippen LogP contribution in [0.5, 0.6) is 5.75 Å². The Bertz CT molecular complexity index is 615. The summed E-state index contributed by atoms with van der Waals surface area (Å²) in [4.78, 5) is 26.7. The lowest BCUT2D eigenvalue weighted by Gasteiger charge is -2.32. The first-order valence-electron chi connectivity index (χ1n) is 8.99. The maximum Gasteiger partial charge on any atom is 0.229 e. The van der Waals surface area contributed by atoms with E-state index in [9.17, 15) is 9.59 Å². The second-order valence-electron chi connectivity index (χ2n) is 6.76. The molecule has 0 spiro atoms. The first-order valence-corrected chi connectivity index (χ1v) is 8.99. The third-order valence-corrected chi connectivity index (χ3v) is 4.69. The first kappa shape index (κ1) is 17.7. The summed E-state index contributed by atoms with van der Waals surface area (Å²) >= 11 is 0. The molecule has 6 heteroatoms. The van der Waals surface area contributed by atoms with Crippen LogP contribution >= 0.6 is 0 Å². The highest BCUT2D eigenvalue weighted by Gasteiger charge is 2.36. The van der Waals surface area contributed by atoms with Gasteiger partial charge in [-0.05, 0) is 37.8 Å². The number of methoxy groups -OCH3 is 1. The van der Waals surface area contributed by atoms with E-state index in [1.807, 2.05) is 29.2 Å². The summed E-state index contributed by atoms with van der Waals surface area (Å²) in [5.74, 6) is 0.967. The van der Waals surface area contributed by atoms with Gasteiger partial charge in [-0.1, -0.05) is 6.07 Å². The fourth-order valence-electron chi connectivity index (χ4n) is 3.13. The molecule has 1 heterocycles. The highest BCUT2D eigenvalue weighted by molar-refractivity contribution is 5.93. The van der Waals surface area contributed by atoms with E-state index in [0.29, 0.717) is 31.2 Å². The van der Waals surface area contributed by atoms with Crippen molar-refractivity contribution in [1.82, 2.24) is 4.90 Å². The molecule has 2 fully saturated rings. The van der Waals surface area contributed by atoms with Gasteiger partial charge in [0.2, 0.25) is 11.8 Å². The van der Waals surface area contributed by atoms with Crippen molar-refractivity contribution in [2.24, 2.45) is 11.8 Å². The number of nitrogens with zero attached hydrogens (tertiary/aromatic N) is 1. The molecule has 136 valence electrons. The molecule has 1 aromatic carbocycles. The minimum Gasteiger partial charge on any atom is -0.491 e. The van der Waals surface area contributed by atoms with E-state index in [0.717, 1.165) is 32.2 Å². The zero-order valence-corrected chi connectivity index (χ0v) is 14.7. The normalized spacial score (nSPS) is 20.2. The van der Waals surface area contributed by atoms with Crippen LogP contribution in [0.25, 0.3) is 0 Å². The van der Waals surface area contributed by atoms with Gasteiger partial charge in [-0.3, -0.25) is 9.59 Å². The Hall–Kier alpha value is -2.08. The number of likely N-dealkylation sites (tertiary alicyclic amines) is 1. The monoisotopic (exact) mass is 346 g/mol. The maximum atomic E-state index is 12.6. The highest BCUT2D eigenvalue weighted by Crippen LogP contribution is 2.32. The van der Waals surface area contributed by atoms with Crippen molar-refractivity contribution >= 4 is 17.5 Å². The van der Waals surface area contributed by atoms with Gasteiger partial charge < -0.3 is 19.7 Å². The number of amides is 2. The van der Waals surface area contributed by atoms with Crippen molar-refractivity contribution in [3.8, 4) is 5.75 Å². The van der Waals surface area contributed by atoms with Gasteiger partial charge in [-0.2, -0.15) is 0 Å². The number of piperidine rings is 1. The number of hydrogen-bond donors (Lipinski definition) is 1. The molecule has 1 aliphatic heterocycles. The van der Waals surface area contributed by atoms with Crippen LogP contribution in [0.4, 0.5) is 5.69 Å². The quantitative estimate of drug-likeness (QED) is 0.769. The van der Waals surface area contributed by atoms with Gasteiger partial charge in [0.1, 0.15) is 12.4 Å². The van der Waals surface area contributed by atoms with Crippen molar-refractivity contribution in [1.29, 1.82) is 0 Å². The summed E-state index contributed by atoms with van der Waals surface area (Å²) in [6.07, 6.45) is 3.71. The minimum absolute atomic E-state index is 0.0256. The Morgan fingerprint density at radius 1 is 1.20 bits per heavy atom. The minimum atomic E-state index is -0.144. The summed E-state index contributed by atoms with van der Waals surface area (Å²) in [5.41, 5.74) is 0.713. The van der Waals surface area contributed by atoms with Crippen molar-refractivity contribution in [3.05, 3.63) is 24.3 Å². The summed E-state index contributed by atoms with van der Waals surface area (Å²) in [6.45, 7) is 2.30. The zero-order valence-electron chi connectivity index (χ0n) is 14.7. The van der Waals surface area contributed by atoms with E-state index in [4.69, 9.17) is 9.47 Å². The SMILES string of the molecule is COCCOc1cccc(NC(=O)C2CCCN(C(=O)C3CC3)C2)c1. The third kappa shape index (κ3) is 4.95. The number of carbonyl (C=O) groups is 2. The Kier molecular flexibility index (Phi) is 5.91. The second-order valence-corrected chi connectivity index (χ2v) is 6.76.